The SMILES string of the molecule is O=C(O)Cc1ccccc1C#CCCS. The van der Waals surface area contributed by atoms with Crippen LogP contribution >= 0.6 is 12.6 Å². The van der Waals surface area contributed by atoms with Gasteiger partial charge in [-0.2, -0.15) is 12.6 Å². The van der Waals surface area contributed by atoms with E-state index >= 15 is 0 Å². The van der Waals surface area contributed by atoms with E-state index in [1.165, 1.54) is 0 Å². The summed E-state index contributed by atoms with van der Waals surface area (Å²) in [6, 6.07) is 7.31. The van der Waals surface area contributed by atoms with E-state index < -0.39 is 5.97 Å². The molecule has 2 nitrogen and oxygen atoms in total. The van der Waals surface area contributed by atoms with Crippen molar-refractivity contribution in [3.05, 3.63) is 35.4 Å². The first-order valence-electron chi connectivity index (χ1n) is 4.63. The number of hydrogen-bond acceptors (Lipinski definition) is 2. The van der Waals surface area contributed by atoms with Crippen molar-refractivity contribution in [2.24, 2.45) is 0 Å². The first kappa shape index (κ1) is 11.7. The molecule has 0 saturated heterocycles. The summed E-state index contributed by atoms with van der Waals surface area (Å²) in [6.45, 7) is 0. The number of thiol groups is 1. The molecule has 15 heavy (non-hydrogen) atoms. The van der Waals surface area contributed by atoms with Gasteiger partial charge in [0.1, 0.15) is 0 Å². The molecular formula is C12H12O2S. The van der Waals surface area contributed by atoms with E-state index in [0.717, 1.165) is 11.1 Å². The number of carbonyl (C=O) groups is 1. The van der Waals surface area contributed by atoms with E-state index in [1.807, 2.05) is 18.2 Å². The van der Waals surface area contributed by atoms with Crippen LogP contribution in [0.25, 0.3) is 0 Å². The van der Waals surface area contributed by atoms with Crippen molar-refractivity contribution in [1.29, 1.82) is 0 Å². The summed E-state index contributed by atoms with van der Waals surface area (Å²) in [4.78, 5) is 10.6. The molecule has 1 aromatic carbocycles. The molecule has 0 aliphatic carbocycles. The zero-order chi connectivity index (χ0) is 11.1. The Balaban J connectivity index is 2.87. The van der Waals surface area contributed by atoms with Gasteiger partial charge < -0.3 is 5.11 Å². The number of aliphatic carboxylic acids is 1. The van der Waals surface area contributed by atoms with Crippen molar-refractivity contribution in [3.63, 3.8) is 0 Å². The van der Waals surface area contributed by atoms with Crippen LogP contribution in [-0.4, -0.2) is 16.8 Å². The molecule has 0 radical (unpaired) electrons. The number of carboxylic acid groups (broad SMARTS) is 1. The fourth-order valence-corrected chi connectivity index (χ4v) is 1.28. The van der Waals surface area contributed by atoms with E-state index in [2.05, 4.69) is 24.5 Å². The maximum absolute atomic E-state index is 10.6. The van der Waals surface area contributed by atoms with Crippen LogP contribution in [0, 0.1) is 11.8 Å². The fraction of sp³-hybridized carbons (Fsp3) is 0.250. The highest BCUT2D eigenvalue weighted by atomic mass is 32.1. The van der Waals surface area contributed by atoms with Gasteiger partial charge in [0.05, 0.1) is 6.42 Å². The third-order valence-corrected chi connectivity index (χ3v) is 2.04. The van der Waals surface area contributed by atoms with E-state index in [-0.39, 0.29) is 6.42 Å². The molecule has 0 saturated carbocycles. The van der Waals surface area contributed by atoms with Gasteiger partial charge in [0.15, 0.2) is 0 Å². The van der Waals surface area contributed by atoms with Crippen molar-refractivity contribution >= 4 is 18.6 Å². The molecular weight excluding hydrogens is 208 g/mol. The van der Waals surface area contributed by atoms with Crippen LogP contribution in [0.2, 0.25) is 0 Å². The van der Waals surface area contributed by atoms with Gasteiger partial charge in [0, 0.05) is 17.7 Å². The van der Waals surface area contributed by atoms with Gasteiger partial charge in [0.2, 0.25) is 0 Å². The molecule has 0 heterocycles. The quantitative estimate of drug-likeness (QED) is 0.604. The molecule has 1 aromatic rings. The van der Waals surface area contributed by atoms with E-state index in [4.69, 9.17) is 5.11 Å². The number of rotatable bonds is 3. The van der Waals surface area contributed by atoms with Crippen molar-refractivity contribution in [1.82, 2.24) is 0 Å². The first-order valence-corrected chi connectivity index (χ1v) is 5.26. The van der Waals surface area contributed by atoms with Crippen molar-refractivity contribution in [2.45, 2.75) is 12.8 Å². The molecule has 1 N–H and O–H groups in total. The van der Waals surface area contributed by atoms with E-state index in [9.17, 15) is 4.79 Å². The van der Waals surface area contributed by atoms with Crippen LogP contribution in [0.4, 0.5) is 0 Å². The van der Waals surface area contributed by atoms with Gasteiger partial charge in [-0.1, -0.05) is 30.0 Å². The molecule has 0 atom stereocenters. The Labute approximate surface area is 94.7 Å². The number of benzene rings is 1. The average Bonchev–Trinajstić information content (AvgIpc) is 2.20. The maximum Gasteiger partial charge on any atom is 0.307 e. The normalized spacial score (nSPS) is 9.13. The highest BCUT2D eigenvalue weighted by molar-refractivity contribution is 7.80. The Bertz CT molecular complexity index is 402. The van der Waals surface area contributed by atoms with E-state index in [0.29, 0.717) is 12.2 Å². The van der Waals surface area contributed by atoms with Gasteiger partial charge in [0.25, 0.3) is 0 Å². The molecule has 0 fully saturated rings. The monoisotopic (exact) mass is 220 g/mol. The van der Waals surface area contributed by atoms with Crippen LogP contribution in [0.15, 0.2) is 24.3 Å². The second kappa shape index (κ2) is 6.15. The fourth-order valence-electron chi connectivity index (χ4n) is 1.17. The van der Waals surface area contributed by atoms with Crippen LogP contribution < -0.4 is 0 Å². The second-order valence-electron chi connectivity index (χ2n) is 3.00. The van der Waals surface area contributed by atoms with Crippen LogP contribution in [-0.2, 0) is 11.2 Å². The molecule has 78 valence electrons. The van der Waals surface area contributed by atoms with Gasteiger partial charge in [-0.05, 0) is 11.6 Å². The molecule has 0 aliphatic heterocycles. The third kappa shape index (κ3) is 4.09. The average molecular weight is 220 g/mol. The summed E-state index contributed by atoms with van der Waals surface area (Å²) in [5, 5.41) is 8.70. The summed E-state index contributed by atoms with van der Waals surface area (Å²) in [5.41, 5.74) is 1.55. The lowest BCUT2D eigenvalue weighted by Gasteiger charge is -1.99. The second-order valence-corrected chi connectivity index (χ2v) is 3.45. The summed E-state index contributed by atoms with van der Waals surface area (Å²) in [7, 11) is 0. The van der Waals surface area contributed by atoms with Crippen LogP contribution in [0.1, 0.15) is 17.5 Å². The Hall–Kier alpha value is -1.40. The highest BCUT2D eigenvalue weighted by Gasteiger charge is 2.03. The zero-order valence-corrected chi connectivity index (χ0v) is 9.13. The van der Waals surface area contributed by atoms with Gasteiger partial charge in [-0.25, -0.2) is 0 Å². The lowest BCUT2D eigenvalue weighted by atomic mass is 10.1. The van der Waals surface area contributed by atoms with Crippen LogP contribution in [0.5, 0.6) is 0 Å². The van der Waals surface area contributed by atoms with Crippen molar-refractivity contribution in [2.75, 3.05) is 5.75 Å². The molecule has 0 bridgehead atoms. The van der Waals surface area contributed by atoms with Crippen LogP contribution in [0.3, 0.4) is 0 Å². The maximum atomic E-state index is 10.6. The Kier molecular flexibility index (Phi) is 4.79. The third-order valence-electron chi connectivity index (χ3n) is 1.82. The molecule has 0 unspecified atom stereocenters. The summed E-state index contributed by atoms with van der Waals surface area (Å²) in [6.07, 6.45) is 0.732. The number of hydrogen-bond donors (Lipinski definition) is 2. The van der Waals surface area contributed by atoms with Gasteiger partial charge >= 0.3 is 5.97 Å². The molecule has 0 aromatic heterocycles. The Morgan fingerprint density at radius 1 is 1.40 bits per heavy atom. The minimum Gasteiger partial charge on any atom is -0.481 e. The predicted molar refractivity (Wildman–Crippen MR) is 63.1 cm³/mol. The smallest absolute Gasteiger partial charge is 0.307 e. The van der Waals surface area contributed by atoms with Gasteiger partial charge in [-0.15, -0.1) is 0 Å². The molecule has 0 aliphatic rings. The Morgan fingerprint density at radius 3 is 2.80 bits per heavy atom. The summed E-state index contributed by atoms with van der Waals surface area (Å²) >= 11 is 4.05. The summed E-state index contributed by atoms with van der Waals surface area (Å²) in [5.74, 6) is 5.78. The molecule has 0 spiro atoms. The minimum absolute atomic E-state index is 0.0196. The van der Waals surface area contributed by atoms with E-state index in [1.54, 1.807) is 6.07 Å². The minimum atomic E-state index is -0.835. The molecule has 3 heteroatoms. The predicted octanol–water partition coefficient (Wildman–Crippen LogP) is 1.99. The van der Waals surface area contributed by atoms with Crippen molar-refractivity contribution in [3.8, 4) is 11.8 Å². The molecule has 1 rings (SSSR count). The Morgan fingerprint density at radius 2 is 2.13 bits per heavy atom. The summed E-state index contributed by atoms with van der Waals surface area (Å²) < 4.78 is 0. The van der Waals surface area contributed by atoms with Crippen molar-refractivity contribution < 1.29 is 9.90 Å². The standard InChI is InChI=1S/C12H12O2S/c13-12(14)9-11-7-2-1-5-10(11)6-3-4-8-15/h1-2,5,7,15H,4,8-9H2,(H,13,14). The van der Waals surface area contributed by atoms with Gasteiger partial charge in [-0.3, -0.25) is 4.79 Å². The first-order chi connectivity index (χ1) is 7.24. The lowest BCUT2D eigenvalue weighted by Crippen LogP contribution is -2.01. The number of carboxylic acids is 1. The molecule has 0 amide bonds. The zero-order valence-electron chi connectivity index (χ0n) is 8.23. The highest BCUT2D eigenvalue weighted by Crippen LogP contribution is 2.08. The largest absolute Gasteiger partial charge is 0.481 e. The lowest BCUT2D eigenvalue weighted by molar-refractivity contribution is -0.136. The topological polar surface area (TPSA) is 37.3 Å².